The van der Waals surface area contributed by atoms with Gasteiger partial charge < -0.3 is 9.64 Å². The van der Waals surface area contributed by atoms with Gasteiger partial charge in [0.2, 0.25) is 0 Å². The highest BCUT2D eigenvalue weighted by Gasteiger charge is 2.43. The van der Waals surface area contributed by atoms with Crippen LogP contribution in [0.1, 0.15) is 27.8 Å². The van der Waals surface area contributed by atoms with Crippen molar-refractivity contribution in [2.24, 2.45) is 0 Å². The Bertz CT molecular complexity index is 1290. The molecule has 0 aliphatic carbocycles. The Morgan fingerprint density at radius 2 is 1.55 bits per heavy atom. The highest BCUT2D eigenvalue weighted by Crippen LogP contribution is 2.37. The first-order valence-electron chi connectivity index (χ1n) is 11.1. The SMILES string of the molecule is COc1ccc(N2C(=O)C(c3ccc(C)c(C)c3)=C(N3CCc4ccccc4C3)C2=O)cc1. The van der Waals surface area contributed by atoms with Gasteiger partial charge in [0.05, 0.1) is 18.4 Å². The number of ether oxygens (including phenoxy) is 1. The van der Waals surface area contributed by atoms with Gasteiger partial charge in [-0.05, 0) is 72.4 Å². The van der Waals surface area contributed by atoms with Crippen molar-refractivity contribution in [3.63, 3.8) is 0 Å². The van der Waals surface area contributed by atoms with Gasteiger partial charge in [-0.3, -0.25) is 9.59 Å². The maximum Gasteiger partial charge on any atom is 0.282 e. The number of rotatable bonds is 4. The van der Waals surface area contributed by atoms with E-state index in [2.05, 4.69) is 17.0 Å². The largest absolute Gasteiger partial charge is 0.497 e. The van der Waals surface area contributed by atoms with E-state index in [1.807, 2.05) is 44.2 Å². The summed E-state index contributed by atoms with van der Waals surface area (Å²) in [6.07, 6.45) is 0.837. The number of amides is 2. The van der Waals surface area contributed by atoms with Crippen LogP contribution in [-0.2, 0) is 22.6 Å². The predicted molar refractivity (Wildman–Crippen MR) is 129 cm³/mol. The molecule has 0 fully saturated rings. The molecule has 166 valence electrons. The monoisotopic (exact) mass is 438 g/mol. The lowest BCUT2D eigenvalue weighted by Gasteiger charge is -2.31. The van der Waals surface area contributed by atoms with Crippen LogP contribution in [-0.4, -0.2) is 30.4 Å². The summed E-state index contributed by atoms with van der Waals surface area (Å²) in [7, 11) is 1.59. The molecule has 5 heteroatoms. The minimum absolute atomic E-state index is 0.280. The topological polar surface area (TPSA) is 49.9 Å². The van der Waals surface area contributed by atoms with Crippen molar-refractivity contribution < 1.29 is 14.3 Å². The van der Waals surface area contributed by atoms with E-state index < -0.39 is 0 Å². The second-order valence-electron chi connectivity index (χ2n) is 8.61. The number of fused-ring (bicyclic) bond motifs is 1. The number of aryl methyl sites for hydroxylation is 2. The van der Waals surface area contributed by atoms with E-state index in [4.69, 9.17) is 4.74 Å². The standard InChI is InChI=1S/C28H26N2O3/c1-18-8-9-21(16-19(18)2)25-26(29-15-14-20-6-4-5-7-22(20)17-29)28(32)30(27(25)31)23-10-12-24(33-3)13-11-23/h4-13,16H,14-15,17H2,1-3H3. The Morgan fingerprint density at radius 3 is 2.24 bits per heavy atom. The number of imide groups is 1. The predicted octanol–water partition coefficient (Wildman–Crippen LogP) is 4.65. The van der Waals surface area contributed by atoms with Gasteiger partial charge in [0.25, 0.3) is 11.8 Å². The molecule has 0 bridgehead atoms. The zero-order chi connectivity index (χ0) is 23.1. The van der Waals surface area contributed by atoms with Gasteiger partial charge in [-0.15, -0.1) is 0 Å². The summed E-state index contributed by atoms with van der Waals surface area (Å²) >= 11 is 0. The van der Waals surface area contributed by atoms with Crippen LogP contribution in [0.25, 0.3) is 5.57 Å². The van der Waals surface area contributed by atoms with Gasteiger partial charge >= 0.3 is 0 Å². The van der Waals surface area contributed by atoms with E-state index in [1.54, 1.807) is 31.4 Å². The lowest BCUT2D eigenvalue weighted by Crippen LogP contribution is -2.37. The second-order valence-corrected chi connectivity index (χ2v) is 8.61. The van der Waals surface area contributed by atoms with E-state index in [-0.39, 0.29) is 11.8 Å². The van der Waals surface area contributed by atoms with E-state index in [9.17, 15) is 9.59 Å². The molecule has 0 radical (unpaired) electrons. The molecule has 2 heterocycles. The van der Waals surface area contributed by atoms with Gasteiger partial charge in [-0.25, -0.2) is 4.90 Å². The fraction of sp³-hybridized carbons (Fsp3) is 0.214. The average molecular weight is 439 g/mol. The molecule has 2 aliphatic heterocycles. The third-order valence-electron chi connectivity index (χ3n) is 6.63. The molecule has 3 aromatic rings. The summed E-state index contributed by atoms with van der Waals surface area (Å²) in [5.41, 5.74) is 7.00. The van der Waals surface area contributed by atoms with Gasteiger partial charge in [-0.1, -0.05) is 42.5 Å². The average Bonchev–Trinajstić information content (AvgIpc) is 3.10. The highest BCUT2D eigenvalue weighted by molar-refractivity contribution is 6.45. The first-order chi connectivity index (χ1) is 16.0. The van der Waals surface area contributed by atoms with Crippen LogP contribution in [0, 0.1) is 13.8 Å². The van der Waals surface area contributed by atoms with E-state index in [0.29, 0.717) is 35.8 Å². The summed E-state index contributed by atoms with van der Waals surface area (Å²) in [5.74, 6) is 0.105. The van der Waals surface area contributed by atoms with Crippen LogP contribution in [0.5, 0.6) is 5.75 Å². The number of carbonyl (C=O) groups excluding carboxylic acids is 2. The van der Waals surface area contributed by atoms with Crippen LogP contribution in [0.2, 0.25) is 0 Å². The number of hydrogen-bond donors (Lipinski definition) is 0. The fourth-order valence-corrected chi connectivity index (χ4v) is 4.62. The van der Waals surface area contributed by atoms with Crippen LogP contribution in [0.4, 0.5) is 5.69 Å². The van der Waals surface area contributed by atoms with Crippen LogP contribution in [0.3, 0.4) is 0 Å². The smallest absolute Gasteiger partial charge is 0.282 e. The number of anilines is 1. The van der Waals surface area contributed by atoms with E-state index in [1.165, 1.54) is 16.0 Å². The third-order valence-corrected chi connectivity index (χ3v) is 6.63. The van der Waals surface area contributed by atoms with Crippen molar-refractivity contribution >= 4 is 23.1 Å². The normalized spacial score (nSPS) is 15.8. The lowest BCUT2D eigenvalue weighted by molar-refractivity contribution is -0.120. The molecule has 0 saturated heterocycles. The van der Waals surface area contributed by atoms with Crippen molar-refractivity contribution in [1.82, 2.24) is 4.90 Å². The molecule has 0 saturated carbocycles. The summed E-state index contributed by atoms with van der Waals surface area (Å²) < 4.78 is 5.24. The Labute approximate surface area is 193 Å². The Hall–Kier alpha value is -3.86. The molecule has 2 aliphatic rings. The molecule has 2 amide bonds. The van der Waals surface area contributed by atoms with Gasteiger partial charge in [0.15, 0.2) is 0 Å². The zero-order valence-corrected chi connectivity index (χ0v) is 19.1. The van der Waals surface area contributed by atoms with Crippen molar-refractivity contribution in [2.75, 3.05) is 18.6 Å². The molecule has 5 rings (SSSR count). The number of hydrogen-bond acceptors (Lipinski definition) is 4. The maximum absolute atomic E-state index is 13.8. The summed E-state index contributed by atoms with van der Waals surface area (Å²) in [4.78, 5) is 30.9. The van der Waals surface area contributed by atoms with Gasteiger partial charge in [0, 0.05) is 13.1 Å². The maximum atomic E-state index is 13.8. The Kier molecular flexibility index (Phi) is 5.25. The van der Waals surface area contributed by atoms with Crippen LogP contribution >= 0.6 is 0 Å². The second kappa shape index (κ2) is 8.24. The minimum atomic E-state index is -0.290. The van der Waals surface area contributed by atoms with Crippen LogP contribution in [0.15, 0.2) is 72.4 Å². The van der Waals surface area contributed by atoms with Crippen LogP contribution < -0.4 is 9.64 Å². The minimum Gasteiger partial charge on any atom is -0.497 e. The molecule has 0 unspecified atom stereocenters. The molecule has 33 heavy (non-hydrogen) atoms. The van der Waals surface area contributed by atoms with E-state index in [0.717, 1.165) is 23.1 Å². The molecule has 3 aromatic carbocycles. The third kappa shape index (κ3) is 3.59. The first kappa shape index (κ1) is 21.0. The number of carbonyl (C=O) groups is 2. The van der Waals surface area contributed by atoms with E-state index >= 15 is 0 Å². The number of benzene rings is 3. The molecule has 5 nitrogen and oxygen atoms in total. The Balaban J connectivity index is 1.62. The van der Waals surface area contributed by atoms with Gasteiger partial charge in [-0.2, -0.15) is 0 Å². The molecule has 0 aromatic heterocycles. The first-order valence-corrected chi connectivity index (χ1v) is 11.1. The summed E-state index contributed by atoms with van der Waals surface area (Å²) in [5, 5.41) is 0. The van der Waals surface area contributed by atoms with Crippen molar-refractivity contribution in [3.05, 3.63) is 100 Å². The number of methoxy groups -OCH3 is 1. The van der Waals surface area contributed by atoms with Crippen molar-refractivity contribution in [2.45, 2.75) is 26.8 Å². The molecular weight excluding hydrogens is 412 g/mol. The number of nitrogens with zero attached hydrogens (tertiary/aromatic N) is 2. The van der Waals surface area contributed by atoms with Gasteiger partial charge in [0.1, 0.15) is 11.4 Å². The lowest BCUT2D eigenvalue weighted by atomic mass is 9.96. The van der Waals surface area contributed by atoms with Crippen molar-refractivity contribution in [3.8, 4) is 5.75 Å². The summed E-state index contributed by atoms with van der Waals surface area (Å²) in [6, 6.07) is 21.3. The quantitative estimate of drug-likeness (QED) is 0.556. The molecule has 0 N–H and O–H groups in total. The Morgan fingerprint density at radius 1 is 0.818 bits per heavy atom. The molecule has 0 atom stereocenters. The van der Waals surface area contributed by atoms with Crippen molar-refractivity contribution in [1.29, 1.82) is 0 Å². The fourth-order valence-electron chi connectivity index (χ4n) is 4.62. The molecule has 0 spiro atoms. The highest BCUT2D eigenvalue weighted by atomic mass is 16.5. The zero-order valence-electron chi connectivity index (χ0n) is 19.1. The molecular formula is C28H26N2O3. The summed E-state index contributed by atoms with van der Waals surface area (Å²) in [6.45, 7) is 5.37.